The Balaban J connectivity index is 1.82. The third-order valence-electron chi connectivity index (χ3n) is 3.31. The fourth-order valence-electron chi connectivity index (χ4n) is 2.23. The van der Waals surface area contributed by atoms with Gasteiger partial charge in [0.25, 0.3) is 0 Å². The normalized spacial score (nSPS) is 11.8. The summed E-state index contributed by atoms with van der Waals surface area (Å²) in [5, 5.41) is 9.12. The van der Waals surface area contributed by atoms with Crippen LogP contribution in [0.1, 0.15) is 16.8 Å². The smallest absolute Gasteiger partial charge is 0.416 e. The first-order valence-corrected chi connectivity index (χ1v) is 6.84. The highest BCUT2D eigenvalue weighted by molar-refractivity contribution is 5.54. The quantitative estimate of drug-likeness (QED) is 0.800. The van der Waals surface area contributed by atoms with Gasteiger partial charge in [0.2, 0.25) is 0 Å². The van der Waals surface area contributed by atoms with Crippen molar-refractivity contribution in [2.75, 3.05) is 0 Å². The molecular formula is C16H13F3N2O2. The molecular weight excluding hydrogens is 309 g/mol. The Hall–Kier alpha value is -2.54. The number of pyridine rings is 1. The summed E-state index contributed by atoms with van der Waals surface area (Å²) in [6, 6.07) is 8.41. The summed E-state index contributed by atoms with van der Waals surface area (Å²) in [5.74, 6) is 0.435. The maximum Gasteiger partial charge on any atom is 0.416 e. The number of aliphatic hydroxyl groups is 1. The molecule has 7 heteroatoms. The molecule has 1 aromatic carbocycles. The van der Waals surface area contributed by atoms with E-state index in [0.29, 0.717) is 22.7 Å². The van der Waals surface area contributed by atoms with Crippen molar-refractivity contribution in [2.45, 2.75) is 19.4 Å². The molecule has 2 aromatic heterocycles. The van der Waals surface area contributed by atoms with E-state index in [9.17, 15) is 13.2 Å². The zero-order chi connectivity index (χ0) is 16.4. The highest BCUT2D eigenvalue weighted by atomic mass is 19.4. The van der Waals surface area contributed by atoms with Crippen LogP contribution in [0.4, 0.5) is 13.2 Å². The van der Waals surface area contributed by atoms with Crippen molar-refractivity contribution in [1.29, 1.82) is 0 Å². The first kappa shape index (κ1) is 15.4. The number of fused-ring (bicyclic) bond motifs is 1. The topological polar surface area (TPSA) is 46.8 Å². The predicted molar refractivity (Wildman–Crippen MR) is 76.9 cm³/mol. The van der Waals surface area contributed by atoms with Crippen LogP contribution in [-0.2, 0) is 19.4 Å². The van der Waals surface area contributed by atoms with Crippen LogP contribution in [-0.4, -0.2) is 14.5 Å². The fraction of sp³-hybridized carbons (Fsp3) is 0.188. The summed E-state index contributed by atoms with van der Waals surface area (Å²) in [6.45, 7) is -0.209. The summed E-state index contributed by atoms with van der Waals surface area (Å²) >= 11 is 0. The van der Waals surface area contributed by atoms with E-state index in [0.717, 1.165) is 12.1 Å². The number of hydrogen-bond donors (Lipinski definition) is 1. The number of hydrogen-bond acceptors (Lipinski definition) is 3. The highest BCUT2D eigenvalue weighted by Crippen LogP contribution is 2.30. The van der Waals surface area contributed by atoms with E-state index in [1.165, 1.54) is 6.07 Å². The molecule has 0 spiro atoms. The Kier molecular flexibility index (Phi) is 3.96. The standard InChI is InChI=1S/C16H13F3N2O2/c17-16(18,19)12-4-1-3-11(7-12)10-23-14-5-2-6-21-8-13(9-22)20-15(14)21/h1-8,22H,9-10H2. The minimum Gasteiger partial charge on any atom is -0.485 e. The van der Waals surface area contributed by atoms with Crippen molar-refractivity contribution in [1.82, 2.24) is 9.38 Å². The molecule has 0 bridgehead atoms. The molecule has 1 N–H and O–H groups in total. The van der Waals surface area contributed by atoms with E-state index in [-0.39, 0.29) is 13.2 Å². The van der Waals surface area contributed by atoms with Gasteiger partial charge in [0, 0.05) is 12.4 Å². The van der Waals surface area contributed by atoms with E-state index in [2.05, 4.69) is 4.98 Å². The van der Waals surface area contributed by atoms with Crippen LogP contribution < -0.4 is 4.74 Å². The Labute approximate surface area is 129 Å². The van der Waals surface area contributed by atoms with Gasteiger partial charge in [0.05, 0.1) is 17.9 Å². The van der Waals surface area contributed by atoms with Gasteiger partial charge < -0.3 is 14.2 Å². The van der Waals surface area contributed by atoms with Crippen molar-refractivity contribution in [3.63, 3.8) is 0 Å². The van der Waals surface area contributed by atoms with Gasteiger partial charge in [-0.25, -0.2) is 4.98 Å². The first-order chi connectivity index (χ1) is 11.0. The minimum atomic E-state index is -4.38. The number of nitrogens with zero attached hydrogens (tertiary/aromatic N) is 2. The van der Waals surface area contributed by atoms with Crippen molar-refractivity contribution >= 4 is 5.65 Å². The number of halogens is 3. The SMILES string of the molecule is OCc1cn2cccc(OCc3cccc(C(F)(F)F)c3)c2n1. The lowest BCUT2D eigenvalue weighted by atomic mass is 10.1. The van der Waals surface area contributed by atoms with Gasteiger partial charge in [-0.3, -0.25) is 0 Å². The number of imidazole rings is 1. The van der Waals surface area contributed by atoms with Gasteiger partial charge >= 0.3 is 6.18 Å². The average molecular weight is 322 g/mol. The van der Waals surface area contributed by atoms with Crippen LogP contribution >= 0.6 is 0 Å². The summed E-state index contributed by atoms with van der Waals surface area (Å²) < 4.78 is 45.4. The Morgan fingerprint density at radius 3 is 2.74 bits per heavy atom. The molecule has 120 valence electrons. The predicted octanol–water partition coefficient (Wildman–Crippen LogP) is 3.42. The lowest BCUT2D eigenvalue weighted by Crippen LogP contribution is -2.06. The maximum atomic E-state index is 12.7. The van der Waals surface area contributed by atoms with Gasteiger partial charge in [-0.1, -0.05) is 12.1 Å². The molecule has 2 heterocycles. The largest absolute Gasteiger partial charge is 0.485 e. The number of benzene rings is 1. The second kappa shape index (κ2) is 5.92. The second-order valence-electron chi connectivity index (χ2n) is 4.98. The molecule has 0 radical (unpaired) electrons. The molecule has 23 heavy (non-hydrogen) atoms. The van der Waals surface area contributed by atoms with Crippen LogP contribution in [0.3, 0.4) is 0 Å². The molecule has 0 saturated carbocycles. The monoisotopic (exact) mass is 322 g/mol. The molecule has 0 aliphatic carbocycles. The van der Waals surface area contributed by atoms with E-state index in [1.54, 1.807) is 35.0 Å². The van der Waals surface area contributed by atoms with Crippen LogP contribution in [0.2, 0.25) is 0 Å². The van der Waals surface area contributed by atoms with Gasteiger partial charge in [-0.2, -0.15) is 13.2 Å². The van der Waals surface area contributed by atoms with Gasteiger partial charge in [-0.05, 0) is 29.8 Å². The van der Waals surface area contributed by atoms with E-state index in [4.69, 9.17) is 9.84 Å². The molecule has 0 amide bonds. The van der Waals surface area contributed by atoms with Gasteiger partial charge in [-0.15, -0.1) is 0 Å². The third kappa shape index (κ3) is 3.29. The second-order valence-corrected chi connectivity index (χ2v) is 4.98. The average Bonchev–Trinajstić information content (AvgIpc) is 2.96. The molecule has 0 saturated heterocycles. The van der Waals surface area contributed by atoms with Crippen molar-refractivity contribution < 1.29 is 23.0 Å². The van der Waals surface area contributed by atoms with Crippen molar-refractivity contribution in [3.8, 4) is 5.75 Å². The fourth-order valence-corrected chi connectivity index (χ4v) is 2.23. The van der Waals surface area contributed by atoms with Crippen LogP contribution in [0, 0.1) is 0 Å². The van der Waals surface area contributed by atoms with Gasteiger partial charge in [0.1, 0.15) is 6.61 Å². The first-order valence-electron chi connectivity index (χ1n) is 6.84. The molecule has 0 atom stereocenters. The Morgan fingerprint density at radius 1 is 1.17 bits per heavy atom. The lowest BCUT2D eigenvalue weighted by Gasteiger charge is -2.10. The minimum absolute atomic E-state index is 0.00902. The van der Waals surface area contributed by atoms with E-state index in [1.807, 2.05) is 0 Å². The number of alkyl halides is 3. The van der Waals surface area contributed by atoms with Crippen LogP contribution in [0.15, 0.2) is 48.8 Å². The van der Waals surface area contributed by atoms with E-state index >= 15 is 0 Å². The molecule has 0 aliphatic rings. The molecule has 0 aliphatic heterocycles. The molecule has 0 unspecified atom stereocenters. The van der Waals surface area contributed by atoms with Gasteiger partial charge in [0.15, 0.2) is 11.4 Å². The Bertz CT molecular complexity index is 828. The summed E-state index contributed by atoms with van der Waals surface area (Å²) in [5.41, 5.74) is 0.694. The Morgan fingerprint density at radius 2 is 2.00 bits per heavy atom. The number of rotatable bonds is 4. The number of aromatic nitrogens is 2. The molecule has 4 nitrogen and oxygen atoms in total. The maximum absolute atomic E-state index is 12.7. The lowest BCUT2D eigenvalue weighted by molar-refractivity contribution is -0.137. The zero-order valence-corrected chi connectivity index (χ0v) is 11.9. The van der Waals surface area contributed by atoms with Crippen molar-refractivity contribution in [2.24, 2.45) is 0 Å². The number of aliphatic hydroxyl groups excluding tert-OH is 1. The van der Waals surface area contributed by atoms with E-state index < -0.39 is 11.7 Å². The highest BCUT2D eigenvalue weighted by Gasteiger charge is 2.30. The van der Waals surface area contributed by atoms with Crippen molar-refractivity contribution in [3.05, 3.63) is 65.6 Å². The third-order valence-corrected chi connectivity index (χ3v) is 3.31. The molecule has 0 fully saturated rings. The summed E-state index contributed by atoms with van der Waals surface area (Å²) in [7, 11) is 0. The zero-order valence-electron chi connectivity index (χ0n) is 11.9. The number of ether oxygens (including phenoxy) is 1. The van der Waals surface area contributed by atoms with Crippen LogP contribution in [0.25, 0.3) is 5.65 Å². The summed E-state index contributed by atoms with van der Waals surface area (Å²) in [6.07, 6.45) is -0.972. The summed E-state index contributed by atoms with van der Waals surface area (Å²) in [4.78, 5) is 4.21. The van der Waals surface area contributed by atoms with Crippen LogP contribution in [0.5, 0.6) is 5.75 Å². The molecule has 3 aromatic rings. The molecule has 3 rings (SSSR count).